The van der Waals surface area contributed by atoms with Gasteiger partial charge in [0.25, 0.3) is 0 Å². The first kappa shape index (κ1) is 13.5. The molecule has 1 N–H and O–H groups in total. The maximum Gasteiger partial charge on any atom is 0.241 e. The zero-order chi connectivity index (χ0) is 13.4. The summed E-state index contributed by atoms with van der Waals surface area (Å²) >= 11 is 3.66. The Morgan fingerprint density at radius 3 is 2.89 bits per heavy atom. The van der Waals surface area contributed by atoms with Gasteiger partial charge >= 0.3 is 0 Å². The first-order valence-corrected chi connectivity index (χ1v) is 8.96. The second-order valence-corrected chi connectivity index (χ2v) is 7.54. The van der Waals surface area contributed by atoms with Crippen LogP contribution in [0.3, 0.4) is 0 Å². The molecule has 2 aliphatic rings. The summed E-state index contributed by atoms with van der Waals surface area (Å²) in [7, 11) is 0. The van der Waals surface area contributed by atoms with Gasteiger partial charge in [-0.25, -0.2) is 0 Å². The molecule has 3 nitrogen and oxygen atoms in total. The predicted octanol–water partition coefficient (Wildman–Crippen LogP) is 2.71. The van der Waals surface area contributed by atoms with Crippen molar-refractivity contribution in [3.05, 3.63) is 22.4 Å². The van der Waals surface area contributed by atoms with E-state index in [1.54, 1.807) is 11.3 Å². The molecule has 5 heteroatoms. The predicted molar refractivity (Wildman–Crippen MR) is 81.4 cm³/mol. The van der Waals surface area contributed by atoms with E-state index in [0.717, 1.165) is 12.2 Å². The molecule has 0 radical (unpaired) electrons. The van der Waals surface area contributed by atoms with Crippen LogP contribution in [0.25, 0.3) is 0 Å². The quantitative estimate of drug-likeness (QED) is 0.931. The Kier molecular flexibility index (Phi) is 3.87. The fourth-order valence-electron chi connectivity index (χ4n) is 2.91. The molecule has 1 amide bonds. The summed E-state index contributed by atoms with van der Waals surface area (Å²) < 4.78 is 0. The summed E-state index contributed by atoms with van der Waals surface area (Å²) in [5.41, 5.74) is 1.23. The van der Waals surface area contributed by atoms with Gasteiger partial charge in [0.2, 0.25) is 5.91 Å². The smallest absolute Gasteiger partial charge is 0.241 e. The van der Waals surface area contributed by atoms with Crippen molar-refractivity contribution in [2.24, 2.45) is 5.92 Å². The molecule has 0 spiro atoms. The van der Waals surface area contributed by atoms with E-state index in [9.17, 15) is 4.79 Å². The number of rotatable bonds is 3. The fourth-order valence-corrected chi connectivity index (χ4v) is 4.79. The molecule has 2 saturated heterocycles. The van der Waals surface area contributed by atoms with E-state index in [1.807, 2.05) is 11.8 Å². The van der Waals surface area contributed by atoms with E-state index in [-0.39, 0.29) is 12.2 Å². The third-order valence-electron chi connectivity index (χ3n) is 3.96. The van der Waals surface area contributed by atoms with Crippen molar-refractivity contribution in [1.29, 1.82) is 0 Å². The van der Waals surface area contributed by atoms with Crippen molar-refractivity contribution in [3.63, 3.8) is 0 Å². The normalized spacial score (nSPS) is 31.6. The zero-order valence-electron chi connectivity index (χ0n) is 11.3. The highest BCUT2D eigenvalue weighted by Crippen LogP contribution is 2.35. The molecule has 0 bridgehead atoms. The van der Waals surface area contributed by atoms with Gasteiger partial charge in [-0.2, -0.15) is 23.1 Å². The lowest BCUT2D eigenvalue weighted by Crippen LogP contribution is -2.40. The van der Waals surface area contributed by atoms with Crippen LogP contribution >= 0.6 is 23.1 Å². The Hall–Kier alpha value is -0.520. The average Bonchev–Trinajstić information content (AvgIpc) is 3.07. The minimum atomic E-state index is -0.0319. The fraction of sp³-hybridized carbons (Fsp3) is 0.643. The molecule has 0 aromatic carbocycles. The van der Waals surface area contributed by atoms with Gasteiger partial charge in [0.15, 0.2) is 0 Å². The van der Waals surface area contributed by atoms with Crippen molar-refractivity contribution >= 4 is 29.0 Å². The molecule has 2 aliphatic heterocycles. The molecule has 1 aromatic heterocycles. The second-order valence-electron chi connectivity index (χ2n) is 5.61. The number of hydrogen-bond donors (Lipinski definition) is 1. The first-order valence-electron chi connectivity index (χ1n) is 6.86. The SMILES string of the molecule is CC(C)C1NC(c2ccsc2)N(C2CCSC2)C1=O. The van der Waals surface area contributed by atoms with Crippen LogP contribution in [0.15, 0.2) is 16.8 Å². The summed E-state index contributed by atoms with van der Waals surface area (Å²) in [6, 6.07) is 2.50. The minimum Gasteiger partial charge on any atom is -0.318 e. The van der Waals surface area contributed by atoms with Gasteiger partial charge in [-0.3, -0.25) is 10.1 Å². The van der Waals surface area contributed by atoms with Gasteiger partial charge in [0.1, 0.15) is 6.17 Å². The van der Waals surface area contributed by atoms with Crippen LogP contribution in [0.4, 0.5) is 0 Å². The van der Waals surface area contributed by atoms with Crippen LogP contribution in [-0.4, -0.2) is 34.4 Å². The average molecular weight is 296 g/mol. The molecule has 0 saturated carbocycles. The summed E-state index contributed by atoms with van der Waals surface area (Å²) in [6.45, 7) is 4.24. The highest BCUT2D eigenvalue weighted by molar-refractivity contribution is 7.99. The zero-order valence-corrected chi connectivity index (χ0v) is 13.0. The number of hydrogen-bond acceptors (Lipinski definition) is 4. The molecule has 1 aromatic rings. The van der Waals surface area contributed by atoms with Crippen molar-refractivity contribution in [2.45, 2.75) is 38.5 Å². The van der Waals surface area contributed by atoms with E-state index in [1.165, 1.54) is 11.3 Å². The molecule has 2 fully saturated rings. The highest BCUT2D eigenvalue weighted by atomic mass is 32.2. The number of carbonyl (C=O) groups excluding carboxylic acids is 1. The van der Waals surface area contributed by atoms with E-state index in [2.05, 4.69) is 40.9 Å². The topological polar surface area (TPSA) is 32.3 Å². The standard InChI is InChI=1S/C14H20N2OS2/c1-9(2)12-14(17)16(11-4-6-19-8-11)13(15-12)10-3-5-18-7-10/h3,5,7,9,11-13,15H,4,6,8H2,1-2H3. The van der Waals surface area contributed by atoms with Crippen LogP contribution in [0.1, 0.15) is 32.0 Å². The molecule has 3 unspecified atom stereocenters. The Balaban J connectivity index is 1.89. The summed E-state index contributed by atoms with van der Waals surface area (Å²) in [5.74, 6) is 2.89. The number of thioether (sulfide) groups is 1. The number of thiophene rings is 1. The lowest BCUT2D eigenvalue weighted by atomic mass is 10.0. The minimum absolute atomic E-state index is 0.0319. The molecule has 3 rings (SSSR count). The molecule has 19 heavy (non-hydrogen) atoms. The number of nitrogens with one attached hydrogen (secondary N) is 1. The van der Waals surface area contributed by atoms with E-state index in [4.69, 9.17) is 0 Å². The Morgan fingerprint density at radius 2 is 2.32 bits per heavy atom. The summed E-state index contributed by atoms with van der Waals surface area (Å²) in [6.07, 6.45) is 1.21. The van der Waals surface area contributed by atoms with Gasteiger partial charge in [0, 0.05) is 11.8 Å². The second kappa shape index (κ2) is 5.46. The van der Waals surface area contributed by atoms with Gasteiger partial charge in [0.05, 0.1) is 6.04 Å². The monoisotopic (exact) mass is 296 g/mol. The van der Waals surface area contributed by atoms with E-state index in [0.29, 0.717) is 17.9 Å². The molecular formula is C14H20N2OS2. The van der Waals surface area contributed by atoms with E-state index >= 15 is 0 Å². The van der Waals surface area contributed by atoms with Crippen LogP contribution in [0.5, 0.6) is 0 Å². The number of amides is 1. The van der Waals surface area contributed by atoms with Crippen molar-refractivity contribution in [2.75, 3.05) is 11.5 Å². The van der Waals surface area contributed by atoms with Crippen LogP contribution in [0, 0.1) is 5.92 Å². The third-order valence-corrected chi connectivity index (χ3v) is 5.81. The summed E-state index contributed by atoms with van der Waals surface area (Å²) in [4.78, 5) is 14.8. The molecule has 104 valence electrons. The van der Waals surface area contributed by atoms with Gasteiger partial charge in [-0.15, -0.1) is 0 Å². The molecule has 3 heterocycles. The molecular weight excluding hydrogens is 276 g/mol. The largest absolute Gasteiger partial charge is 0.318 e. The highest BCUT2D eigenvalue weighted by Gasteiger charge is 2.44. The van der Waals surface area contributed by atoms with Gasteiger partial charge in [-0.05, 0) is 40.5 Å². The van der Waals surface area contributed by atoms with Crippen molar-refractivity contribution in [1.82, 2.24) is 10.2 Å². The third kappa shape index (κ3) is 2.43. The Morgan fingerprint density at radius 1 is 1.47 bits per heavy atom. The van der Waals surface area contributed by atoms with Crippen LogP contribution in [-0.2, 0) is 4.79 Å². The van der Waals surface area contributed by atoms with Gasteiger partial charge in [-0.1, -0.05) is 13.8 Å². The Bertz CT molecular complexity index is 440. The first-order chi connectivity index (χ1) is 9.18. The molecule has 0 aliphatic carbocycles. The van der Waals surface area contributed by atoms with Crippen molar-refractivity contribution in [3.8, 4) is 0 Å². The maximum absolute atomic E-state index is 12.7. The maximum atomic E-state index is 12.7. The van der Waals surface area contributed by atoms with Crippen LogP contribution < -0.4 is 5.32 Å². The van der Waals surface area contributed by atoms with Gasteiger partial charge < -0.3 is 4.90 Å². The Labute approximate surface area is 122 Å². The lowest BCUT2D eigenvalue weighted by molar-refractivity contribution is -0.132. The number of nitrogens with zero attached hydrogens (tertiary/aromatic N) is 1. The summed E-state index contributed by atoms with van der Waals surface area (Å²) in [5, 5.41) is 7.79. The van der Waals surface area contributed by atoms with Crippen molar-refractivity contribution < 1.29 is 4.79 Å². The number of carbonyl (C=O) groups is 1. The lowest BCUT2D eigenvalue weighted by Gasteiger charge is -2.29. The van der Waals surface area contributed by atoms with E-state index < -0.39 is 0 Å². The van der Waals surface area contributed by atoms with Crippen LogP contribution in [0.2, 0.25) is 0 Å². The molecule has 3 atom stereocenters.